The smallest absolute Gasteiger partial charge is 0.266 e. The fourth-order valence-electron chi connectivity index (χ4n) is 3.01. The number of carbonyl (C=O) groups is 2. The number of nitrogens with zero attached hydrogens (tertiary/aromatic N) is 2. The zero-order valence-corrected chi connectivity index (χ0v) is 15.8. The first-order chi connectivity index (χ1) is 13.5. The van der Waals surface area contributed by atoms with Gasteiger partial charge in [-0.15, -0.1) is 0 Å². The molecule has 0 fully saturated rings. The Morgan fingerprint density at radius 2 is 2.00 bits per heavy atom. The average molecular weight is 395 g/mol. The summed E-state index contributed by atoms with van der Waals surface area (Å²) in [5, 5.41) is 13.2. The van der Waals surface area contributed by atoms with Crippen molar-refractivity contribution in [3.05, 3.63) is 65.4 Å². The van der Waals surface area contributed by atoms with E-state index in [0.29, 0.717) is 10.9 Å². The number of rotatable bonds is 5. The molecule has 1 aliphatic heterocycles. The summed E-state index contributed by atoms with van der Waals surface area (Å²) in [5.74, 6) is -0.684. The van der Waals surface area contributed by atoms with Gasteiger partial charge < -0.3 is 14.7 Å². The largest absolute Gasteiger partial charge is 0.509 e. The molecule has 2 N–H and O–H groups in total. The molecule has 2 heterocycles. The van der Waals surface area contributed by atoms with E-state index in [0.717, 1.165) is 15.8 Å². The van der Waals surface area contributed by atoms with E-state index >= 15 is 0 Å². The fraction of sp³-hybridized carbons (Fsp3) is 0.150. The Labute approximate surface area is 164 Å². The predicted molar refractivity (Wildman–Crippen MR) is 106 cm³/mol. The van der Waals surface area contributed by atoms with E-state index in [-0.39, 0.29) is 24.4 Å². The third-order valence-corrected chi connectivity index (χ3v) is 5.36. The summed E-state index contributed by atoms with van der Waals surface area (Å²) < 4.78 is 6.04. The van der Waals surface area contributed by atoms with Gasteiger partial charge in [0.25, 0.3) is 11.8 Å². The standard InChI is InChI=1S/C20H17N3O4S/c1-27-13-8-6-12(7-9-13)10-23-11-15(24)17(19(23)26)18(25)22-20-21-14-4-2-3-5-16(14)28-20/h2-9,24H,10-11H2,1H3,(H,21,22,25). The topological polar surface area (TPSA) is 91.8 Å². The number of ether oxygens (including phenoxy) is 1. The van der Waals surface area contributed by atoms with Crippen LogP contribution in [0.3, 0.4) is 0 Å². The number of nitrogens with one attached hydrogen (secondary N) is 1. The first-order valence-electron chi connectivity index (χ1n) is 8.56. The van der Waals surface area contributed by atoms with Crippen molar-refractivity contribution in [1.82, 2.24) is 9.88 Å². The Morgan fingerprint density at radius 3 is 2.71 bits per heavy atom. The van der Waals surface area contributed by atoms with Crippen LogP contribution in [0.1, 0.15) is 5.56 Å². The lowest BCUT2D eigenvalue weighted by atomic mass is 10.2. The molecule has 4 rings (SSSR count). The summed E-state index contributed by atoms with van der Waals surface area (Å²) in [6.45, 7) is 0.276. The molecule has 2 amide bonds. The molecule has 0 saturated carbocycles. The van der Waals surface area contributed by atoms with E-state index in [1.54, 1.807) is 19.2 Å². The number of hydrogen-bond acceptors (Lipinski definition) is 6. The minimum absolute atomic E-state index is 0.00649. The van der Waals surface area contributed by atoms with Crippen molar-refractivity contribution >= 4 is 38.5 Å². The summed E-state index contributed by atoms with van der Waals surface area (Å²) in [6.07, 6.45) is 0. The van der Waals surface area contributed by atoms with Gasteiger partial charge in [0, 0.05) is 6.54 Å². The molecule has 28 heavy (non-hydrogen) atoms. The minimum Gasteiger partial charge on any atom is -0.509 e. The van der Waals surface area contributed by atoms with Crippen LogP contribution in [-0.2, 0) is 16.1 Å². The number of thiazole rings is 1. The van der Waals surface area contributed by atoms with Crippen molar-refractivity contribution in [2.75, 3.05) is 19.0 Å². The molecule has 2 aromatic carbocycles. The maximum Gasteiger partial charge on any atom is 0.266 e. The Balaban J connectivity index is 1.47. The van der Waals surface area contributed by atoms with E-state index in [1.807, 2.05) is 36.4 Å². The van der Waals surface area contributed by atoms with Gasteiger partial charge in [0.1, 0.15) is 17.1 Å². The summed E-state index contributed by atoms with van der Waals surface area (Å²) in [6, 6.07) is 14.8. The minimum atomic E-state index is -0.654. The number of anilines is 1. The average Bonchev–Trinajstić information content (AvgIpc) is 3.22. The van der Waals surface area contributed by atoms with Crippen molar-refractivity contribution in [3.8, 4) is 5.75 Å². The van der Waals surface area contributed by atoms with Gasteiger partial charge in [0.05, 0.1) is 23.9 Å². The van der Waals surface area contributed by atoms with Gasteiger partial charge in [0.2, 0.25) is 0 Å². The Morgan fingerprint density at radius 1 is 1.25 bits per heavy atom. The second-order valence-electron chi connectivity index (χ2n) is 6.27. The second kappa shape index (κ2) is 7.32. The van der Waals surface area contributed by atoms with E-state index < -0.39 is 11.8 Å². The fourth-order valence-corrected chi connectivity index (χ4v) is 3.87. The van der Waals surface area contributed by atoms with Crippen LogP contribution in [0.25, 0.3) is 10.2 Å². The number of fused-ring (bicyclic) bond motifs is 1. The summed E-state index contributed by atoms with van der Waals surface area (Å²) >= 11 is 1.31. The first-order valence-corrected chi connectivity index (χ1v) is 9.38. The molecule has 3 aromatic rings. The normalized spacial score (nSPS) is 14.0. The molecule has 0 aliphatic carbocycles. The molecule has 1 aliphatic rings. The molecule has 0 saturated heterocycles. The second-order valence-corrected chi connectivity index (χ2v) is 7.30. The molecule has 142 valence electrons. The lowest BCUT2D eigenvalue weighted by Crippen LogP contribution is -2.30. The summed E-state index contributed by atoms with van der Waals surface area (Å²) in [5.41, 5.74) is 1.39. The monoisotopic (exact) mass is 395 g/mol. The lowest BCUT2D eigenvalue weighted by molar-refractivity contribution is -0.128. The Bertz CT molecular complexity index is 1060. The van der Waals surface area contributed by atoms with Crippen LogP contribution in [-0.4, -0.2) is 40.5 Å². The van der Waals surface area contributed by atoms with Crippen molar-refractivity contribution in [2.45, 2.75) is 6.54 Å². The molecular weight excluding hydrogens is 378 g/mol. The number of aliphatic hydroxyl groups excluding tert-OH is 1. The van der Waals surface area contributed by atoms with Gasteiger partial charge in [0.15, 0.2) is 5.13 Å². The molecule has 7 nitrogen and oxygen atoms in total. The van der Waals surface area contributed by atoms with Crippen molar-refractivity contribution in [1.29, 1.82) is 0 Å². The molecule has 8 heteroatoms. The zero-order valence-electron chi connectivity index (χ0n) is 15.0. The van der Waals surface area contributed by atoms with Crippen molar-refractivity contribution < 1.29 is 19.4 Å². The van der Waals surface area contributed by atoms with Crippen molar-refractivity contribution in [2.24, 2.45) is 0 Å². The van der Waals surface area contributed by atoms with E-state index in [4.69, 9.17) is 4.74 Å². The van der Waals surface area contributed by atoms with Crippen LogP contribution >= 0.6 is 11.3 Å². The highest BCUT2D eigenvalue weighted by atomic mass is 32.1. The van der Waals surface area contributed by atoms with E-state index in [2.05, 4.69) is 10.3 Å². The van der Waals surface area contributed by atoms with E-state index in [1.165, 1.54) is 16.2 Å². The number of amides is 2. The molecule has 0 unspecified atom stereocenters. The molecule has 0 radical (unpaired) electrons. The number of para-hydroxylation sites is 1. The quantitative estimate of drug-likeness (QED) is 0.648. The first kappa shape index (κ1) is 18.0. The van der Waals surface area contributed by atoms with E-state index in [9.17, 15) is 14.7 Å². The third-order valence-electron chi connectivity index (χ3n) is 4.40. The number of benzene rings is 2. The zero-order chi connectivity index (χ0) is 19.7. The maximum atomic E-state index is 12.7. The molecule has 0 atom stereocenters. The number of aromatic nitrogens is 1. The predicted octanol–water partition coefficient (Wildman–Crippen LogP) is 3.10. The van der Waals surface area contributed by atoms with Crippen LogP contribution in [0.4, 0.5) is 5.13 Å². The highest BCUT2D eigenvalue weighted by molar-refractivity contribution is 7.22. The van der Waals surface area contributed by atoms with Gasteiger partial charge in [-0.05, 0) is 29.8 Å². The van der Waals surface area contributed by atoms with Gasteiger partial charge in [-0.3, -0.25) is 14.9 Å². The van der Waals surface area contributed by atoms with Gasteiger partial charge in [-0.25, -0.2) is 4.98 Å². The third kappa shape index (κ3) is 3.41. The molecule has 0 bridgehead atoms. The van der Waals surface area contributed by atoms with Crippen LogP contribution in [0.15, 0.2) is 59.9 Å². The number of methoxy groups -OCH3 is 1. The summed E-state index contributed by atoms with van der Waals surface area (Å²) in [4.78, 5) is 31.0. The number of carbonyl (C=O) groups excluding carboxylic acids is 2. The highest BCUT2D eigenvalue weighted by Gasteiger charge is 2.35. The SMILES string of the molecule is COc1ccc(CN2CC(O)=C(C(=O)Nc3nc4ccccc4s3)C2=O)cc1. The Hall–Kier alpha value is -3.39. The number of aliphatic hydroxyl groups is 1. The van der Waals surface area contributed by atoms with Crippen molar-refractivity contribution in [3.63, 3.8) is 0 Å². The summed E-state index contributed by atoms with van der Waals surface area (Å²) in [7, 11) is 1.58. The molecule has 0 spiro atoms. The van der Waals surface area contributed by atoms with Gasteiger partial charge in [-0.1, -0.05) is 35.6 Å². The van der Waals surface area contributed by atoms with Crippen LogP contribution < -0.4 is 10.1 Å². The van der Waals surface area contributed by atoms with Crippen LogP contribution in [0.5, 0.6) is 5.75 Å². The molecule has 1 aromatic heterocycles. The van der Waals surface area contributed by atoms with Gasteiger partial charge >= 0.3 is 0 Å². The van der Waals surface area contributed by atoms with Crippen LogP contribution in [0, 0.1) is 0 Å². The molecular formula is C20H17N3O4S. The maximum absolute atomic E-state index is 12.7. The highest BCUT2D eigenvalue weighted by Crippen LogP contribution is 2.27. The van der Waals surface area contributed by atoms with Crippen LogP contribution in [0.2, 0.25) is 0 Å². The lowest BCUT2D eigenvalue weighted by Gasteiger charge is -2.16. The number of hydrogen-bond donors (Lipinski definition) is 2. The Kier molecular flexibility index (Phi) is 4.70. The van der Waals surface area contributed by atoms with Gasteiger partial charge in [-0.2, -0.15) is 0 Å².